The van der Waals surface area contributed by atoms with Gasteiger partial charge < -0.3 is 5.32 Å². The van der Waals surface area contributed by atoms with Gasteiger partial charge in [0, 0.05) is 19.2 Å². The summed E-state index contributed by atoms with van der Waals surface area (Å²) in [5.74, 6) is -1.67. The monoisotopic (exact) mass is 556 g/mol. The molecule has 0 spiro atoms. The zero-order valence-corrected chi connectivity index (χ0v) is 21.7. The second-order valence-electron chi connectivity index (χ2n) is 8.53. The highest BCUT2D eigenvalue weighted by atomic mass is 35.5. The normalized spacial score (nSPS) is 13.7. The van der Waals surface area contributed by atoms with Gasteiger partial charge in [0.1, 0.15) is 10.2 Å². The van der Waals surface area contributed by atoms with Gasteiger partial charge in [-0.2, -0.15) is 5.10 Å². The van der Waals surface area contributed by atoms with Gasteiger partial charge in [0.15, 0.2) is 0 Å². The number of hydrogen-bond donors (Lipinski definition) is 1. The van der Waals surface area contributed by atoms with Crippen molar-refractivity contribution in [2.45, 2.75) is 12.5 Å². The first-order valence-electron chi connectivity index (χ1n) is 11.2. The maximum Gasteiger partial charge on any atom is 0.261 e. The highest BCUT2D eigenvalue weighted by Gasteiger charge is 2.37. The van der Waals surface area contributed by atoms with Crippen LogP contribution >= 0.6 is 34.5 Å². The Morgan fingerprint density at radius 2 is 1.70 bits per heavy atom. The van der Waals surface area contributed by atoms with Crippen molar-refractivity contribution in [3.8, 4) is 11.3 Å². The molecule has 2 aromatic carbocycles. The molecule has 1 aliphatic heterocycles. The molecular weight excluding hydrogens is 538 g/mol. The van der Waals surface area contributed by atoms with Crippen LogP contribution in [0.2, 0.25) is 9.36 Å². The van der Waals surface area contributed by atoms with E-state index in [1.807, 2.05) is 0 Å². The third-order valence-corrected chi connectivity index (χ3v) is 7.71. The molecule has 2 aromatic heterocycles. The van der Waals surface area contributed by atoms with Crippen molar-refractivity contribution in [2.24, 2.45) is 7.05 Å². The summed E-state index contributed by atoms with van der Waals surface area (Å²) >= 11 is 13.8. The van der Waals surface area contributed by atoms with Crippen molar-refractivity contribution in [3.63, 3.8) is 0 Å². The molecule has 1 aliphatic rings. The third-order valence-electron chi connectivity index (χ3n) is 6.07. The van der Waals surface area contributed by atoms with Crippen LogP contribution in [0.25, 0.3) is 11.3 Å². The number of carbonyl (C=O) groups excluding carboxylic acids is 3. The molecule has 11 heteroatoms. The number of aryl methyl sites for hydroxylation is 1. The van der Waals surface area contributed by atoms with Crippen molar-refractivity contribution in [2.75, 3.05) is 6.54 Å². The second-order valence-corrected chi connectivity index (χ2v) is 10.6. The quantitative estimate of drug-likeness (QED) is 0.316. The summed E-state index contributed by atoms with van der Waals surface area (Å²) in [5.41, 5.74) is 2.52. The van der Waals surface area contributed by atoms with Crippen molar-refractivity contribution >= 4 is 52.3 Å². The number of imide groups is 1. The molecule has 3 amide bonds. The van der Waals surface area contributed by atoms with Gasteiger partial charge in [0.2, 0.25) is 0 Å². The van der Waals surface area contributed by atoms with Crippen molar-refractivity contribution < 1.29 is 18.8 Å². The molecule has 3 heterocycles. The van der Waals surface area contributed by atoms with E-state index in [1.165, 1.54) is 18.3 Å². The molecule has 37 heavy (non-hydrogen) atoms. The molecule has 188 valence electrons. The van der Waals surface area contributed by atoms with Crippen molar-refractivity contribution in [1.82, 2.24) is 20.0 Å². The summed E-state index contributed by atoms with van der Waals surface area (Å²) < 4.78 is 15.4. The Kier molecular flexibility index (Phi) is 6.85. The van der Waals surface area contributed by atoms with Crippen LogP contribution in [0.3, 0.4) is 0 Å². The molecule has 1 atom stereocenters. The van der Waals surface area contributed by atoms with Crippen LogP contribution in [-0.2, 0) is 13.5 Å². The SMILES string of the molecule is Cn1ncc(Cl)c1-c1cc(C(=O)N[C@@H](Cc2ccc(F)cc2)CN2C(=O)c3ccccc3C2=O)sc1Cl. The molecule has 0 aliphatic carbocycles. The Morgan fingerprint density at radius 1 is 1.05 bits per heavy atom. The van der Waals surface area contributed by atoms with Crippen LogP contribution in [0.15, 0.2) is 60.8 Å². The Hall–Kier alpha value is -3.53. The van der Waals surface area contributed by atoms with E-state index in [1.54, 1.807) is 54.2 Å². The van der Waals surface area contributed by atoms with E-state index in [4.69, 9.17) is 23.2 Å². The number of nitrogens with zero attached hydrogens (tertiary/aromatic N) is 3. The number of aromatic nitrogens is 2. The summed E-state index contributed by atoms with van der Waals surface area (Å²) in [6.07, 6.45) is 1.75. The first-order chi connectivity index (χ1) is 17.7. The largest absolute Gasteiger partial charge is 0.346 e. The van der Waals surface area contributed by atoms with E-state index in [9.17, 15) is 18.8 Å². The topological polar surface area (TPSA) is 84.3 Å². The Balaban J connectivity index is 1.41. The number of halogens is 3. The average molecular weight is 557 g/mol. The lowest BCUT2D eigenvalue weighted by Gasteiger charge is -2.24. The number of hydrogen-bond acceptors (Lipinski definition) is 5. The van der Waals surface area contributed by atoms with Gasteiger partial charge in [0.25, 0.3) is 17.7 Å². The molecule has 0 radical (unpaired) electrons. The predicted octanol–water partition coefficient (Wildman–Crippen LogP) is 5.23. The summed E-state index contributed by atoms with van der Waals surface area (Å²) in [6.45, 7) is -0.0605. The zero-order chi connectivity index (χ0) is 26.3. The first-order valence-corrected chi connectivity index (χ1v) is 12.8. The number of amides is 3. The van der Waals surface area contributed by atoms with Gasteiger partial charge in [-0.05, 0) is 42.3 Å². The van der Waals surface area contributed by atoms with Gasteiger partial charge in [-0.15, -0.1) is 11.3 Å². The van der Waals surface area contributed by atoms with Crippen LogP contribution in [0.5, 0.6) is 0 Å². The van der Waals surface area contributed by atoms with Crippen LogP contribution in [0.4, 0.5) is 4.39 Å². The van der Waals surface area contributed by atoms with Crippen LogP contribution in [0.1, 0.15) is 36.0 Å². The van der Waals surface area contributed by atoms with Gasteiger partial charge in [0.05, 0.1) is 39.0 Å². The van der Waals surface area contributed by atoms with Crippen LogP contribution in [-0.4, -0.2) is 45.0 Å². The third kappa shape index (κ3) is 4.90. The summed E-state index contributed by atoms with van der Waals surface area (Å²) in [5, 5.41) is 7.43. The number of carbonyl (C=O) groups is 3. The van der Waals surface area contributed by atoms with Gasteiger partial charge in [-0.1, -0.05) is 47.5 Å². The molecule has 0 fully saturated rings. The maximum absolute atomic E-state index is 13.5. The van der Waals surface area contributed by atoms with Gasteiger partial charge in [-0.25, -0.2) is 4.39 Å². The van der Waals surface area contributed by atoms with E-state index in [2.05, 4.69) is 10.4 Å². The average Bonchev–Trinajstić information content (AvgIpc) is 3.50. The molecule has 0 saturated carbocycles. The molecule has 0 unspecified atom stereocenters. The minimum Gasteiger partial charge on any atom is -0.346 e. The highest BCUT2D eigenvalue weighted by molar-refractivity contribution is 7.18. The second kappa shape index (κ2) is 10.1. The number of nitrogens with one attached hydrogen (secondary N) is 1. The molecule has 1 N–H and O–H groups in total. The molecule has 4 aromatic rings. The Morgan fingerprint density at radius 3 is 2.30 bits per heavy atom. The molecule has 0 saturated heterocycles. The van der Waals surface area contributed by atoms with E-state index < -0.39 is 23.8 Å². The van der Waals surface area contributed by atoms with E-state index in [0.29, 0.717) is 36.6 Å². The van der Waals surface area contributed by atoms with E-state index >= 15 is 0 Å². The summed E-state index contributed by atoms with van der Waals surface area (Å²) in [7, 11) is 1.72. The molecular formula is C26H19Cl2FN4O3S. The highest BCUT2D eigenvalue weighted by Crippen LogP contribution is 2.38. The fourth-order valence-corrected chi connectivity index (χ4v) is 5.75. The number of thiophene rings is 1. The van der Waals surface area contributed by atoms with Gasteiger partial charge >= 0.3 is 0 Å². The zero-order valence-electron chi connectivity index (χ0n) is 19.4. The fourth-order valence-electron chi connectivity index (χ4n) is 4.30. The molecule has 0 bridgehead atoms. The number of fused-ring (bicyclic) bond motifs is 1. The lowest BCUT2D eigenvalue weighted by Crippen LogP contribution is -2.46. The Labute approximate surface area is 225 Å². The predicted molar refractivity (Wildman–Crippen MR) is 140 cm³/mol. The number of rotatable bonds is 7. The van der Waals surface area contributed by atoms with E-state index in [0.717, 1.165) is 21.8 Å². The minimum atomic E-state index is -0.648. The molecule has 7 nitrogen and oxygen atoms in total. The molecule has 5 rings (SSSR count). The minimum absolute atomic E-state index is 0.0605. The van der Waals surface area contributed by atoms with E-state index in [-0.39, 0.29) is 18.8 Å². The summed E-state index contributed by atoms with van der Waals surface area (Å²) in [4.78, 5) is 40.6. The van der Waals surface area contributed by atoms with Crippen LogP contribution in [0, 0.1) is 5.82 Å². The van der Waals surface area contributed by atoms with Gasteiger partial charge in [-0.3, -0.25) is 24.0 Å². The standard InChI is InChI=1S/C26H19Cl2FN4O3S/c1-32-22(20(27)12-30-32)19-11-21(37-23(19)28)24(34)31-16(10-14-6-8-15(29)9-7-14)13-33-25(35)17-4-2-3-5-18(17)26(33)36/h2-9,11-12,16H,10,13H2,1H3,(H,31,34)/t16-/m0/s1. The Bertz CT molecular complexity index is 1480. The summed E-state index contributed by atoms with van der Waals surface area (Å²) in [6, 6.07) is 13.4. The van der Waals surface area contributed by atoms with Crippen molar-refractivity contribution in [3.05, 3.63) is 97.5 Å². The lowest BCUT2D eigenvalue weighted by atomic mass is 10.0. The van der Waals surface area contributed by atoms with Crippen LogP contribution < -0.4 is 5.32 Å². The first kappa shape index (κ1) is 25.1. The lowest BCUT2D eigenvalue weighted by molar-refractivity contribution is 0.0629. The van der Waals surface area contributed by atoms with Crippen molar-refractivity contribution in [1.29, 1.82) is 0 Å². The number of benzene rings is 2. The maximum atomic E-state index is 13.5. The smallest absolute Gasteiger partial charge is 0.261 e. The fraction of sp³-hybridized carbons (Fsp3) is 0.154.